The van der Waals surface area contributed by atoms with Crippen molar-refractivity contribution in [3.63, 3.8) is 0 Å². The molecular weight excluding hydrogens is 379 g/mol. The Balaban J connectivity index is 2.02. The van der Waals surface area contributed by atoms with E-state index in [0.717, 1.165) is 4.70 Å². The third-order valence-corrected chi connectivity index (χ3v) is 6.47. The highest BCUT2D eigenvalue weighted by molar-refractivity contribution is 7.91. The van der Waals surface area contributed by atoms with E-state index in [1.54, 1.807) is 6.07 Å². The van der Waals surface area contributed by atoms with Crippen LogP contribution in [0.5, 0.6) is 0 Å². The lowest BCUT2D eigenvalue weighted by Gasteiger charge is -2.02. The minimum atomic E-state index is -3.88. The molecule has 10 heteroatoms. The molecule has 4 aromatic rings. The number of aromatic nitrogens is 4. The molecule has 1 aromatic carbocycles. The van der Waals surface area contributed by atoms with Crippen LogP contribution in [-0.2, 0) is 9.84 Å². The number of rotatable bonds is 2. The van der Waals surface area contributed by atoms with Crippen LogP contribution in [0.1, 0.15) is 0 Å². The Labute approximate surface area is 144 Å². The summed E-state index contributed by atoms with van der Waals surface area (Å²) in [7, 11) is -3.88. The summed E-state index contributed by atoms with van der Waals surface area (Å²) in [6, 6.07) is 7.60. The number of nitrogens with zero attached hydrogens (tertiary/aromatic N) is 4. The van der Waals surface area contributed by atoms with E-state index in [9.17, 15) is 8.42 Å². The van der Waals surface area contributed by atoms with Crippen LogP contribution in [0.25, 0.3) is 15.9 Å². The highest BCUT2D eigenvalue weighted by atomic mass is 35.5. The second-order valence-corrected chi connectivity index (χ2v) is 8.20. The van der Waals surface area contributed by atoms with Crippen LogP contribution in [0, 0.1) is 0 Å². The number of fused-ring (bicyclic) bond motifs is 3. The predicted octanol–water partition coefficient (Wildman–Crippen LogP) is 3.48. The van der Waals surface area contributed by atoms with Crippen molar-refractivity contribution in [3.8, 4) is 0 Å². The van der Waals surface area contributed by atoms with Gasteiger partial charge in [0.05, 0.1) is 15.1 Å². The van der Waals surface area contributed by atoms with E-state index < -0.39 is 9.84 Å². The summed E-state index contributed by atoms with van der Waals surface area (Å²) < 4.78 is 27.6. The summed E-state index contributed by atoms with van der Waals surface area (Å²) in [5.74, 6) is 0. The Morgan fingerprint density at radius 1 is 1.09 bits per heavy atom. The van der Waals surface area contributed by atoms with Gasteiger partial charge in [-0.1, -0.05) is 28.4 Å². The van der Waals surface area contributed by atoms with E-state index >= 15 is 0 Å². The molecule has 0 aliphatic heterocycles. The van der Waals surface area contributed by atoms with Crippen molar-refractivity contribution < 1.29 is 8.42 Å². The van der Waals surface area contributed by atoms with Crippen molar-refractivity contribution >= 4 is 60.2 Å². The smallest absolute Gasteiger partial charge is 0.217 e. The van der Waals surface area contributed by atoms with Gasteiger partial charge in [0, 0.05) is 5.02 Å². The van der Waals surface area contributed by atoms with Crippen molar-refractivity contribution in [1.29, 1.82) is 0 Å². The molecule has 0 saturated carbocycles. The van der Waals surface area contributed by atoms with Gasteiger partial charge in [-0.25, -0.2) is 13.4 Å². The molecule has 0 aliphatic rings. The maximum Gasteiger partial charge on any atom is 0.229 e. The lowest BCUT2D eigenvalue weighted by Crippen LogP contribution is -2.04. The summed E-state index contributed by atoms with van der Waals surface area (Å²) in [6.07, 6.45) is 0. The van der Waals surface area contributed by atoms with E-state index in [1.165, 1.54) is 40.1 Å². The second-order valence-electron chi connectivity index (χ2n) is 4.62. The molecule has 6 nitrogen and oxygen atoms in total. The average molecular weight is 385 g/mol. The topological polar surface area (TPSA) is 77.2 Å². The first-order valence-corrected chi connectivity index (χ1v) is 9.39. The quantitative estimate of drug-likeness (QED) is 0.494. The molecule has 0 atom stereocenters. The van der Waals surface area contributed by atoms with Crippen LogP contribution < -0.4 is 0 Å². The van der Waals surface area contributed by atoms with Crippen molar-refractivity contribution in [2.75, 3.05) is 0 Å². The number of sulfone groups is 1. The van der Waals surface area contributed by atoms with Gasteiger partial charge in [-0.15, -0.1) is 16.4 Å². The Kier molecular flexibility index (Phi) is 3.31. The zero-order valence-electron chi connectivity index (χ0n) is 11.1. The molecule has 0 amide bonds. The van der Waals surface area contributed by atoms with Gasteiger partial charge >= 0.3 is 0 Å². The molecule has 3 heterocycles. The van der Waals surface area contributed by atoms with Crippen LogP contribution in [0.2, 0.25) is 10.2 Å². The fourth-order valence-corrected chi connectivity index (χ4v) is 4.61. The monoisotopic (exact) mass is 384 g/mol. The summed E-state index contributed by atoms with van der Waals surface area (Å²) >= 11 is 13.3. The zero-order valence-corrected chi connectivity index (χ0v) is 14.3. The fourth-order valence-electron chi connectivity index (χ4n) is 2.19. The van der Waals surface area contributed by atoms with Gasteiger partial charge in [0.2, 0.25) is 14.9 Å². The standard InChI is InChI=1S/C13H6Cl2N4O2S2/c14-7-1-3-8(4-2-7)23(20,21)13-12-16-11(15)10-9(5-6-22-10)19(12)18-17-13/h1-6H. The lowest BCUT2D eigenvalue weighted by atomic mass is 10.4. The van der Waals surface area contributed by atoms with E-state index in [4.69, 9.17) is 23.2 Å². The van der Waals surface area contributed by atoms with Crippen LogP contribution in [0.3, 0.4) is 0 Å². The first kappa shape index (κ1) is 14.8. The molecule has 3 aromatic heterocycles. The number of hydrogen-bond donors (Lipinski definition) is 0. The van der Waals surface area contributed by atoms with Crippen LogP contribution in [0.4, 0.5) is 0 Å². The molecule has 0 unspecified atom stereocenters. The molecule has 4 rings (SSSR count). The normalized spacial score (nSPS) is 12.3. The van der Waals surface area contributed by atoms with Gasteiger partial charge in [-0.3, -0.25) is 0 Å². The first-order valence-electron chi connectivity index (χ1n) is 6.27. The molecule has 0 fully saturated rings. The molecule has 0 bridgehead atoms. The maximum atomic E-state index is 12.8. The molecule has 0 N–H and O–H groups in total. The largest absolute Gasteiger partial charge is 0.229 e. The predicted molar refractivity (Wildman–Crippen MR) is 88.1 cm³/mol. The van der Waals surface area contributed by atoms with Crippen LogP contribution in [0.15, 0.2) is 45.6 Å². The summed E-state index contributed by atoms with van der Waals surface area (Å²) in [5, 5.41) is 9.98. The van der Waals surface area contributed by atoms with E-state index in [1.807, 2.05) is 5.38 Å². The van der Waals surface area contributed by atoms with Gasteiger partial charge in [-0.05, 0) is 35.7 Å². The highest BCUT2D eigenvalue weighted by Gasteiger charge is 2.27. The molecule has 0 saturated heterocycles. The van der Waals surface area contributed by atoms with Crippen LogP contribution in [-0.4, -0.2) is 28.2 Å². The Morgan fingerprint density at radius 2 is 1.83 bits per heavy atom. The Bertz CT molecular complexity index is 1150. The average Bonchev–Trinajstić information content (AvgIpc) is 3.14. The number of thiophene rings is 1. The highest BCUT2D eigenvalue weighted by Crippen LogP contribution is 2.30. The van der Waals surface area contributed by atoms with E-state index in [2.05, 4.69) is 15.3 Å². The summed E-state index contributed by atoms with van der Waals surface area (Å²) in [6.45, 7) is 0. The van der Waals surface area contributed by atoms with Crippen molar-refractivity contribution in [1.82, 2.24) is 19.8 Å². The molecule has 23 heavy (non-hydrogen) atoms. The fraction of sp³-hybridized carbons (Fsp3) is 0. The van der Waals surface area contributed by atoms with E-state index in [0.29, 0.717) is 10.5 Å². The molecule has 0 aliphatic carbocycles. The van der Waals surface area contributed by atoms with Crippen LogP contribution >= 0.6 is 34.5 Å². The number of halogens is 2. The minimum Gasteiger partial charge on any atom is -0.217 e. The number of hydrogen-bond acceptors (Lipinski definition) is 6. The Morgan fingerprint density at radius 3 is 2.57 bits per heavy atom. The Hall–Kier alpha value is -1.74. The molecular formula is C13H6Cl2N4O2S2. The SMILES string of the molecule is O=S(=O)(c1ccc(Cl)cc1)c1nnn2c1nc(Cl)c1sccc12. The second kappa shape index (κ2) is 5.13. The third kappa shape index (κ3) is 2.21. The van der Waals surface area contributed by atoms with Crippen molar-refractivity contribution in [2.24, 2.45) is 0 Å². The van der Waals surface area contributed by atoms with Gasteiger partial charge in [0.15, 0.2) is 10.8 Å². The summed E-state index contributed by atoms with van der Waals surface area (Å²) in [5.41, 5.74) is 0.755. The maximum absolute atomic E-state index is 12.8. The summed E-state index contributed by atoms with van der Waals surface area (Å²) in [4.78, 5) is 4.22. The number of benzene rings is 1. The lowest BCUT2D eigenvalue weighted by molar-refractivity contribution is 0.592. The van der Waals surface area contributed by atoms with Gasteiger partial charge < -0.3 is 0 Å². The zero-order chi connectivity index (χ0) is 16.2. The molecule has 0 spiro atoms. The first-order chi connectivity index (χ1) is 11.0. The molecule has 0 radical (unpaired) electrons. The molecule has 116 valence electrons. The van der Waals surface area contributed by atoms with Gasteiger partial charge in [0.25, 0.3) is 0 Å². The van der Waals surface area contributed by atoms with E-state index in [-0.39, 0.29) is 20.7 Å². The van der Waals surface area contributed by atoms with Gasteiger partial charge in [0.1, 0.15) is 0 Å². The van der Waals surface area contributed by atoms with Crippen molar-refractivity contribution in [2.45, 2.75) is 9.92 Å². The van der Waals surface area contributed by atoms with Crippen molar-refractivity contribution in [3.05, 3.63) is 45.9 Å². The minimum absolute atomic E-state index is 0.0626. The van der Waals surface area contributed by atoms with Gasteiger partial charge in [-0.2, -0.15) is 4.52 Å². The third-order valence-electron chi connectivity index (χ3n) is 3.26.